The molecule has 0 fully saturated rings. The first kappa shape index (κ1) is 23.7. The summed E-state index contributed by atoms with van der Waals surface area (Å²) in [6.45, 7) is 6.80. The summed E-state index contributed by atoms with van der Waals surface area (Å²) in [6.07, 6.45) is 16.0. The second kappa shape index (κ2) is 15.7. The van der Waals surface area contributed by atoms with Crippen molar-refractivity contribution in [2.75, 3.05) is 32.2 Å². The molecule has 0 saturated carbocycles. The molecule has 0 aliphatic carbocycles. The Morgan fingerprint density at radius 1 is 0.593 bits per heavy atom. The molecule has 0 aromatic heterocycles. The third kappa shape index (κ3) is 10.5. The summed E-state index contributed by atoms with van der Waals surface area (Å²) in [5, 5.41) is 0. The van der Waals surface area contributed by atoms with E-state index in [1.165, 1.54) is 82.7 Å². The minimum atomic E-state index is 0.875. The monoisotopic (exact) mass is 377 g/mol. The summed E-state index contributed by atoms with van der Waals surface area (Å²) in [7, 11) is 3.45. The Balaban J connectivity index is 2.60. The lowest BCUT2D eigenvalue weighted by Crippen LogP contribution is -2.25. The number of anilines is 1. The van der Waals surface area contributed by atoms with E-state index in [2.05, 4.69) is 30.9 Å². The molecule has 0 saturated heterocycles. The quantitative estimate of drug-likeness (QED) is 0.267. The molecule has 0 unspecified atom stereocenters. The number of ether oxygens (including phenoxy) is 2. The first-order valence-corrected chi connectivity index (χ1v) is 11.2. The van der Waals surface area contributed by atoms with Crippen LogP contribution in [0.1, 0.15) is 90.9 Å². The van der Waals surface area contributed by atoms with Gasteiger partial charge in [-0.1, -0.05) is 78.1 Å². The van der Waals surface area contributed by atoms with Gasteiger partial charge in [-0.05, 0) is 12.8 Å². The number of benzene rings is 1. The Morgan fingerprint density at radius 2 is 1.00 bits per heavy atom. The van der Waals surface area contributed by atoms with Crippen molar-refractivity contribution in [1.82, 2.24) is 0 Å². The number of unbranched alkanes of at least 4 members (excludes halogenated alkanes) is 10. The predicted molar refractivity (Wildman–Crippen MR) is 119 cm³/mol. The van der Waals surface area contributed by atoms with Gasteiger partial charge in [0.25, 0.3) is 0 Å². The average molecular weight is 378 g/mol. The van der Waals surface area contributed by atoms with Gasteiger partial charge < -0.3 is 14.4 Å². The summed E-state index contributed by atoms with van der Waals surface area (Å²) in [5.74, 6) is 1.75. The smallest absolute Gasteiger partial charge is 0.124 e. The van der Waals surface area contributed by atoms with Crippen molar-refractivity contribution in [3.8, 4) is 11.5 Å². The Hall–Kier alpha value is -1.38. The zero-order valence-electron chi connectivity index (χ0n) is 18.4. The van der Waals surface area contributed by atoms with E-state index in [0.717, 1.165) is 24.6 Å². The van der Waals surface area contributed by atoms with Crippen molar-refractivity contribution >= 4 is 5.69 Å². The molecule has 27 heavy (non-hydrogen) atoms. The zero-order valence-corrected chi connectivity index (χ0v) is 18.4. The molecule has 0 heterocycles. The van der Waals surface area contributed by atoms with Crippen LogP contribution in [0.4, 0.5) is 5.69 Å². The van der Waals surface area contributed by atoms with Gasteiger partial charge in [0.2, 0.25) is 0 Å². The molecule has 3 nitrogen and oxygen atoms in total. The fourth-order valence-corrected chi connectivity index (χ4v) is 3.51. The van der Waals surface area contributed by atoms with Gasteiger partial charge in [-0.3, -0.25) is 0 Å². The molecule has 1 aromatic carbocycles. The number of hydrogen-bond acceptors (Lipinski definition) is 3. The minimum Gasteiger partial charge on any atom is -0.497 e. The lowest BCUT2D eigenvalue weighted by molar-refractivity contribution is 0.394. The van der Waals surface area contributed by atoms with Crippen molar-refractivity contribution in [1.29, 1.82) is 0 Å². The molecule has 1 rings (SSSR count). The molecule has 0 aliphatic heterocycles. The summed E-state index contributed by atoms with van der Waals surface area (Å²) in [4.78, 5) is 2.53. The van der Waals surface area contributed by atoms with Crippen LogP contribution in [0.15, 0.2) is 18.2 Å². The summed E-state index contributed by atoms with van der Waals surface area (Å²) in [6, 6.07) is 6.25. The standard InChI is InChI=1S/C24H43NO2/c1-5-7-9-11-13-15-17-25(18-16-14-12-10-8-6-2)22-19-23(26-3)21-24(20-22)27-4/h19-21H,5-18H2,1-4H3. The first-order valence-electron chi connectivity index (χ1n) is 11.2. The van der Waals surface area contributed by atoms with Crippen LogP contribution in [0.5, 0.6) is 11.5 Å². The molecular weight excluding hydrogens is 334 g/mol. The van der Waals surface area contributed by atoms with Crippen LogP contribution in [0.25, 0.3) is 0 Å². The Labute approximate surface area is 168 Å². The molecule has 0 aliphatic rings. The molecule has 3 heteroatoms. The first-order chi connectivity index (χ1) is 13.2. The maximum Gasteiger partial charge on any atom is 0.124 e. The molecular formula is C24H43NO2. The summed E-state index contributed by atoms with van der Waals surface area (Å²) in [5.41, 5.74) is 1.23. The molecule has 0 atom stereocenters. The predicted octanol–water partition coefficient (Wildman–Crippen LogP) is 7.23. The van der Waals surface area contributed by atoms with Crippen molar-refractivity contribution in [2.24, 2.45) is 0 Å². The van der Waals surface area contributed by atoms with Gasteiger partial charge in [-0.2, -0.15) is 0 Å². The average Bonchev–Trinajstić information content (AvgIpc) is 2.70. The van der Waals surface area contributed by atoms with Gasteiger partial charge in [-0.15, -0.1) is 0 Å². The van der Waals surface area contributed by atoms with Crippen LogP contribution in [0.3, 0.4) is 0 Å². The zero-order chi connectivity index (χ0) is 19.7. The van der Waals surface area contributed by atoms with Gasteiger partial charge in [0.05, 0.1) is 14.2 Å². The summed E-state index contributed by atoms with van der Waals surface area (Å²) >= 11 is 0. The van der Waals surface area contributed by atoms with E-state index in [4.69, 9.17) is 9.47 Å². The highest BCUT2D eigenvalue weighted by molar-refractivity contribution is 5.55. The van der Waals surface area contributed by atoms with Gasteiger partial charge >= 0.3 is 0 Å². The third-order valence-electron chi connectivity index (χ3n) is 5.26. The normalized spacial score (nSPS) is 10.8. The van der Waals surface area contributed by atoms with Crippen LogP contribution in [-0.4, -0.2) is 27.3 Å². The minimum absolute atomic E-state index is 0.875. The maximum atomic E-state index is 5.48. The molecule has 0 bridgehead atoms. The highest BCUT2D eigenvalue weighted by Gasteiger charge is 2.10. The number of methoxy groups -OCH3 is 2. The number of nitrogens with zero attached hydrogens (tertiary/aromatic N) is 1. The van der Waals surface area contributed by atoms with E-state index in [1.807, 2.05) is 6.07 Å². The fraction of sp³-hybridized carbons (Fsp3) is 0.750. The Morgan fingerprint density at radius 3 is 1.41 bits per heavy atom. The largest absolute Gasteiger partial charge is 0.497 e. The molecule has 0 spiro atoms. The SMILES string of the molecule is CCCCCCCCN(CCCCCCCC)c1cc(OC)cc(OC)c1. The van der Waals surface area contributed by atoms with Gasteiger partial charge in [0, 0.05) is 37.0 Å². The second-order valence-corrected chi connectivity index (χ2v) is 7.59. The van der Waals surface area contributed by atoms with E-state index < -0.39 is 0 Å². The topological polar surface area (TPSA) is 21.7 Å². The van der Waals surface area contributed by atoms with E-state index >= 15 is 0 Å². The number of hydrogen-bond donors (Lipinski definition) is 0. The lowest BCUT2D eigenvalue weighted by atomic mass is 10.1. The van der Waals surface area contributed by atoms with Gasteiger partial charge in [0.15, 0.2) is 0 Å². The highest BCUT2D eigenvalue weighted by atomic mass is 16.5. The molecule has 0 radical (unpaired) electrons. The van der Waals surface area contributed by atoms with Crippen LogP contribution in [0, 0.1) is 0 Å². The van der Waals surface area contributed by atoms with Gasteiger partial charge in [0.1, 0.15) is 11.5 Å². The van der Waals surface area contributed by atoms with Crippen molar-refractivity contribution in [3.05, 3.63) is 18.2 Å². The van der Waals surface area contributed by atoms with Crippen LogP contribution < -0.4 is 14.4 Å². The van der Waals surface area contributed by atoms with E-state index in [0.29, 0.717) is 0 Å². The molecule has 0 amide bonds. The van der Waals surface area contributed by atoms with Crippen LogP contribution in [-0.2, 0) is 0 Å². The van der Waals surface area contributed by atoms with E-state index in [-0.39, 0.29) is 0 Å². The van der Waals surface area contributed by atoms with Crippen LogP contribution in [0.2, 0.25) is 0 Å². The third-order valence-corrected chi connectivity index (χ3v) is 5.26. The lowest BCUT2D eigenvalue weighted by Gasteiger charge is -2.26. The van der Waals surface area contributed by atoms with Crippen molar-refractivity contribution < 1.29 is 9.47 Å². The van der Waals surface area contributed by atoms with Crippen LogP contribution >= 0.6 is 0 Å². The molecule has 156 valence electrons. The Bertz CT molecular complexity index is 437. The van der Waals surface area contributed by atoms with E-state index in [9.17, 15) is 0 Å². The van der Waals surface area contributed by atoms with E-state index in [1.54, 1.807) is 14.2 Å². The molecule has 1 aromatic rings. The second-order valence-electron chi connectivity index (χ2n) is 7.59. The fourth-order valence-electron chi connectivity index (χ4n) is 3.51. The Kier molecular flexibility index (Phi) is 13.7. The maximum absolute atomic E-state index is 5.48. The molecule has 0 N–H and O–H groups in total. The number of rotatable bonds is 17. The van der Waals surface area contributed by atoms with Gasteiger partial charge in [-0.25, -0.2) is 0 Å². The summed E-state index contributed by atoms with van der Waals surface area (Å²) < 4.78 is 11.0. The highest BCUT2D eigenvalue weighted by Crippen LogP contribution is 2.29. The van der Waals surface area contributed by atoms with Crippen molar-refractivity contribution in [3.63, 3.8) is 0 Å². The van der Waals surface area contributed by atoms with Crippen molar-refractivity contribution in [2.45, 2.75) is 90.9 Å².